The van der Waals surface area contributed by atoms with Crippen LogP contribution in [0.2, 0.25) is 0 Å². The number of benzene rings is 2. The molecule has 3 nitrogen and oxygen atoms in total. The van der Waals surface area contributed by atoms with E-state index in [2.05, 4.69) is 38.5 Å². The average Bonchev–Trinajstić information content (AvgIpc) is 2.76. The summed E-state index contributed by atoms with van der Waals surface area (Å²) in [5.74, 6) is -0.0456. The Kier molecular flexibility index (Phi) is 3.59. The topological polar surface area (TPSA) is 50.7 Å². The molecule has 1 heterocycles. The lowest BCUT2D eigenvalue weighted by atomic mass is 9.92. The zero-order chi connectivity index (χ0) is 15.0. The van der Waals surface area contributed by atoms with Gasteiger partial charge in [0.15, 0.2) is 5.84 Å². The number of nitrogens with two attached hydrogens (primary N) is 1. The predicted octanol–water partition coefficient (Wildman–Crippen LogP) is 3.49. The first kappa shape index (κ1) is 14.3. The van der Waals surface area contributed by atoms with Crippen LogP contribution in [0.1, 0.15) is 11.1 Å². The smallest absolute Gasteiger partial charge is 0.205 e. The van der Waals surface area contributed by atoms with Gasteiger partial charge in [-0.25, -0.2) is 14.4 Å². The highest BCUT2D eigenvalue weighted by Gasteiger charge is 2.38. The number of nitrogens with zero attached hydrogens (tertiary/aromatic N) is 2. The standard InChI is InChI=1S/C15H11BrFN3S/c16-11-3-1-2-10(8-11)15(19-13(18)14(21)20-15)9-4-6-12(17)7-5-9/h1-8H,(H2,18,19)(H,20,21). The van der Waals surface area contributed by atoms with E-state index in [1.54, 1.807) is 12.1 Å². The summed E-state index contributed by atoms with van der Waals surface area (Å²) >= 11 is 7.70. The van der Waals surface area contributed by atoms with E-state index in [0.717, 1.165) is 15.6 Å². The Bertz CT molecular complexity index is 738. The second-order valence-electron chi connectivity index (χ2n) is 4.62. The molecule has 2 N–H and O–H groups in total. The van der Waals surface area contributed by atoms with Gasteiger partial charge in [-0.2, -0.15) is 0 Å². The molecule has 1 atom stereocenters. The summed E-state index contributed by atoms with van der Waals surface area (Å²) in [5.41, 5.74) is 6.40. The number of rotatable bonds is 2. The van der Waals surface area contributed by atoms with Crippen molar-refractivity contribution >= 4 is 39.4 Å². The first-order chi connectivity index (χ1) is 10.0. The summed E-state index contributed by atoms with van der Waals surface area (Å²) in [7, 11) is 0. The SMILES string of the molecule is NC1=NC(c2ccc(F)cc2)(c2cccc(Br)c2)N=C1S. The van der Waals surface area contributed by atoms with Gasteiger partial charge in [0.05, 0.1) is 0 Å². The number of hydrogen-bond donors (Lipinski definition) is 2. The van der Waals surface area contributed by atoms with Crippen LogP contribution < -0.4 is 5.73 Å². The molecule has 0 saturated heterocycles. The van der Waals surface area contributed by atoms with Crippen LogP contribution >= 0.6 is 28.6 Å². The maximum atomic E-state index is 13.2. The molecule has 1 unspecified atom stereocenters. The summed E-state index contributed by atoms with van der Waals surface area (Å²) in [6.07, 6.45) is 0. The fraction of sp³-hybridized carbons (Fsp3) is 0.0667. The first-order valence-electron chi connectivity index (χ1n) is 6.18. The number of amidine groups is 1. The molecule has 2 aromatic rings. The molecule has 0 saturated carbocycles. The van der Waals surface area contributed by atoms with Crippen molar-refractivity contribution in [2.75, 3.05) is 0 Å². The lowest BCUT2D eigenvalue weighted by molar-refractivity contribution is 0.581. The summed E-state index contributed by atoms with van der Waals surface area (Å²) in [5, 5.41) is 0.374. The summed E-state index contributed by atoms with van der Waals surface area (Å²) in [4.78, 5) is 9.00. The molecule has 0 radical (unpaired) electrons. The summed E-state index contributed by atoms with van der Waals surface area (Å²) in [6, 6.07) is 13.7. The van der Waals surface area contributed by atoms with Crippen molar-refractivity contribution in [3.63, 3.8) is 0 Å². The van der Waals surface area contributed by atoms with Crippen molar-refractivity contribution in [1.29, 1.82) is 0 Å². The monoisotopic (exact) mass is 363 g/mol. The lowest BCUT2D eigenvalue weighted by Crippen LogP contribution is -2.22. The van der Waals surface area contributed by atoms with Gasteiger partial charge in [-0.3, -0.25) is 0 Å². The van der Waals surface area contributed by atoms with Crippen molar-refractivity contribution in [3.05, 3.63) is 69.9 Å². The third kappa shape index (κ3) is 2.49. The van der Waals surface area contributed by atoms with Crippen molar-refractivity contribution in [3.8, 4) is 0 Å². The van der Waals surface area contributed by atoms with E-state index >= 15 is 0 Å². The molecule has 3 rings (SSSR count). The molecule has 0 aromatic heterocycles. The number of aliphatic imine (C=N–C) groups is 2. The molecule has 2 aromatic carbocycles. The molecule has 0 amide bonds. The van der Waals surface area contributed by atoms with Crippen LogP contribution in [0.3, 0.4) is 0 Å². The fourth-order valence-corrected chi connectivity index (χ4v) is 2.87. The molecular weight excluding hydrogens is 353 g/mol. The van der Waals surface area contributed by atoms with Gasteiger partial charge in [-0.1, -0.05) is 40.2 Å². The summed E-state index contributed by atoms with van der Waals surface area (Å²) in [6.45, 7) is 0. The van der Waals surface area contributed by atoms with E-state index < -0.39 is 5.66 Å². The van der Waals surface area contributed by atoms with Gasteiger partial charge in [0.1, 0.15) is 10.9 Å². The molecular formula is C15H11BrFN3S. The quantitative estimate of drug-likeness (QED) is 0.788. The van der Waals surface area contributed by atoms with E-state index in [9.17, 15) is 4.39 Å². The van der Waals surface area contributed by atoms with Crippen LogP contribution in [0.15, 0.2) is 63.0 Å². The predicted molar refractivity (Wildman–Crippen MR) is 89.4 cm³/mol. The highest BCUT2D eigenvalue weighted by atomic mass is 79.9. The molecule has 0 fully saturated rings. The molecule has 1 aliphatic rings. The van der Waals surface area contributed by atoms with E-state index in [-0.39, 0.29) is 11.7 Å². The second kappa shape index (κ2) is 5.27. The van der Waals surface area contributed by atoms with Gasteiger partial charge in [-0.05, 0) is 24.3 Å². The van der Waals surface area contributed by atoms with Crippen LogP contribution in [0.5, 0.6) is 0 Å². The fourth-order valence-electron chi connectivity index (χ4n) is 2.27. The molecule has 0 bridgehead atoms. The minimum Gasteiger partial charge on any atom is -0.382 e. The Balaban J connectivity index is 2.25. The number of hydrogen-bond acceptors (Lipinski definition) is 3. The summed E-state index contributed by atoms with van der Waals surface area (Å²) < 4.78 is 14.1. The Morgan fingerprint density at radius 1 is 1.05 bits per heavy atom. The van der Waals surface area contributed by atoms with E-state index in [0.29, 0.717) is 5.04 Å². The maximum absolute atomic E-state index is 13.2. The van der Waals surface area contributed by atoms with Crippen LogP contribution in [0, 0.1) is 5.82 Å². The first-order valence-corrected chi connectivity index (χ1v) is 7.42. The van der Waals surface area contributed by atoms with Crippen molar-refractivity contribution in [1.82, 2.24) is 0 Å². The van der Waals surface area contributed by atoms with E-state index in [1.807, 2.05) is 24.3 Å². The Morgan fingerprint density at radius 3 is 2.33 bits per heavy atom. The van der Waals surface area contributed by atoms with Crippen LogP contribution in [-0.4, -0.2) is 10.9 Å². The van der Waals surface area contributed by atoms with Crippen LogP contribution in [0.25, 0.3) is 0 Å². The molecule has 1 aliphatic heterocycles. The average molecular weight is 364 g/mol. The van der Waals surface area contributed by atoms with E-state index in [1.165, 1.54) is 12.1 Å². The Labute approximate surface area is 135 Å². The Hall–Kier alpha value is -1.66. The third-order valence-electron chi connectivity index (χ3n) is 3.25. The van der Waals surface area contributed by atoms with Gasteiger partial charge < -0.3 is 5.73 Å². The minimum absolute atomic E-state index is 0.266. The molecule has 6 heteroatoms. The van der Waals surface area contributed by atoms with Crippen molar-refractivity contribution < 1.29 is 4.39 Å². The highest BCUT2D eigenvalue weighted by molar-refractivity contribution is 9.10. The minimum atomic E-state index is -1.02. The molecule has 0 aliphatic carbocycles. The zero-order valence-corrected chi connectivity index (χ0v) is 13.3. The molecule has 106 valence electrons. The van der Waals surface area contributed by atoms with Crippen LogP contribution in [-0.2, 0) is 5.66 Å². The van der Waals surface area contributed by atoms with Gasteiger partial charge in [-0.15, -0.1) is 12.6 Å². The van der Waals surface area contributed by atoms with Gasteiger partial charge in [0, 0.05) is 15.6 Å². The third-order valence-corrected chi connectivity index (χ3v) is 4.08. The largest absolute Gasteiger partial charge is 0.382 e. The van der Waals surface area contributed by atoms with Crippen molar-refractivity contribution in [2.45, 2.75) is 5.66 Å². The van der Waals surface area contributed by atoms with Gasteiger partial charge in [0.25, 0.3) is 0 Å². The normalized spacial score (nSPS) is 21.1. The highest BCUT2D eigenvalue weighted by Crippen LogP contribution is 2.39. The van der Waals surface area contributed by atoms with Gasteiger partial charge >= 0.3 is 0 Å². The number of thiol groups is 1. The van der Waals surface area contributed by atoms with E-state index in [4.69, 9.17) is 5.73 Å². The Morgan fingerprint density at radius 2 is 1.76 bits per heavy atom. The lowest BCUT2D eigenvalue weighted by Gasteiger charge is -2.24. The maximum Gasteiger partial charge on any atom is 0.205 e. The van der Waals surface area contributed by atoms with Crippen LogP contribution in [0.4, 0.5) is 4.39 Å². The zero-order valence-electron chi connectivity index (χ0n) is 10.8. The molecule has 21 heavy (non-hydrogen) atoms. The van der Waals surface area contributed by atoms with Crippen molar-refractivity contribution in [2.24, 2.45) is 15.7 Å². The molecule has 0 spiro atoms. The second-order valence-corrected chi connectivity index (χ2v) is 5.96. The van der Waals surface area contributed by atoms with Gasteiger partial charge in [0.2, 0.25) is 5.66 Å². The number of halogens is 2.